The molecule has 2 aromatic rings. The van der Waals surface area contributed by atoms with Gasteiger partial charge in [-0.1, -0.05) is 23.8 Å². The summed E-state index contributed by atoms with van der Waals surface area (Å²) in [6, 6.07) is 12.2. The molecule has 0 radical (unpaired) electrons. The number of esters is 1. The molecular formula is C22H26N2O6. The van der Waals surface area contributed by atoms with Crippen molar-refractivity contribution in [3.63, 3.8) is 0 Å². The highest BCUT2D eigenvalue weighted by Crippen LogP contribution is 2.29. The Morgan fingerprint density at radius 1 is 1.00 bits per heavy atom. The van der Waals surface area contributed by atoms with Crippen LogP contribution in [0.3, 0.4) is 0 Å². The number of rotatable bonds is 8. The summed E-state index contributed by atoms with van der Waals surface area (Å²) in [6.45, 7) is 3.20. The van der Waals surface area contributed by atoms with Gasteiger partial charge >= 0.3 is 5.97 Å². The number of hydrogen-bond donors (Lipinski definition) is 1. The second-order valence-corrected chi connectivity index (χ2v) is 6.69. The normalized spacial score (nSPS) is 11.2. The van der Waals surface area contributed by atoms with Crippen LogP contribution >= 0.6 is 0 Å². The zero-order valence-corrected chi connectivity index (χ0v) is 17.7. The monoisotopic (exact) mass is 414 g/mol. The van der Waals surface area contributed by atoms with E-state index < -0.39 is 18.0 Å². The fraction of sp³-hybridized carbons (Fsp3) is 0.318. The molecular weight excluding hydrogens is 388 g/mol. The second kappa shape index (κ2) is 10.3. The average Bonchev–Trinajstić information content (AvgIpc) is 2.73. The maximum atomic E-state index is 12.6. The minimum absolute atomic E-state index is 0.0851. The van der Waals surface area contributed by atoms with Crippen molar-refractivity contribution in [2.24, 2.45) is 0 Å². The molecule has 0 spiro atoms. The van der Waals surface area contributed by atoms with Gasteiger partial charge in [0.05, 0.1) is 20.8 Å². The third kappa shape index (κ3) is 5.73. The van der Waals surface area contributed by atoms with Crippen molar-refractivity contribution in [1.29, 1.82) is 0 Å². The first-order valence-corrected chi connectivity index (χ1v) is 9.30. The maximum Gasteiger partial charge on any atom is 0.346 e. The lowest BCUT2D eigenvalue weighted by Gasteiger charge is -2.21. The molecule has 8 nitrogen and oxygen atoms in total. The van der Waals surface area contributed by atoms with E-state index in [0.29, 0.717) is 5.69 Å². The van der Waals surface area contributed by atoms with Gasteiger partial charge in [0.2, 0.25) is 5.91 Å². The molecule has 0 saturated heterocycles. The van der Waals surface area contributed by atoms with Crippen molar-refractivity contribution >= 4 is 23.5 Å². The molecule has 1 N–H and O–H groups in total. The minimum Gasteiger partial charge on any atom is -0.496 e. The lowest BCUT2D eigenvalue weighted by Crippen LogP contribution is -2.41. The smallest absolute Gasteiger partial charge is 0.346 e. The molecule has 8 heteroatoms. The summed E-state index contributed by atoms with van der Waals surface area (Å²) in [5, 5.41) is 2.72. The van der Waals surface area contributed by atoms with Gasteiger partial charge in [-0.3, -0.25) is 9.59 Å². The first-order valence-electron chi connectivity index (χ1n) is 9.30. The van der Waals surface area contributed by atoms with E-state index in [2.05, 4.69) is 5.32 Å². The fourth-order valence-corrected chi connectivity index (χ4v) is 2.76. The van der Waals surface area contributed by atoms with Crippen LogP contribution in [0.5, 0.6) is 11.5 Å². The molecule has 0 aliphatic heterocycles. The van der Waals surface area contributed by atoms with E-state index in [0.717, 1.165) is 5.56 Å². The Kier molecular flexibility index (Phi) is 7.80. The molecule has 2 amide bonds. The third-order valence-corrected chi connectivity index (χ3v) is 4.36. The highest BCUT2D eigenvalue weighted by atomic mass is 16.6. The van der Waals surface area contributed by atoms with E-state index in [9.17, 15) is 14.4 Å². The molecule has 0 aliphatic carbocycles. The van der Waals surface area contributed by atoms with Gasteiger partial charge in [-0.2, -0.15) is 0 Å². The molecule has 0 aromatic heterocycles. The number of amides is 2. The Balaban J connectivity index is 1.98. The number of benzene rings is 2. The van der Waals surface area contributed by atoms with Crippen molar-refractivity contribution in [1.82, 2.24) is 4.90 Å². The molecule has 160 valence electrons. The van der Waals surface area contributed by atoms with Crippen molar-refractivity contribution in [3.05, 3.63) is 53.6 Å². The quantitative estimate of drug-likeness (QED) is 0.668. The number of ether oxygens (including phenoxy) is 3. The van der Waals surface area contributed by atoms with E-state index in [1.54, 1.807) is 30.3 Å². The zero-order valence-electron chi connectivity index (χ0n) is 17.7. The van der Waals surface area contributed by atoms with E-state index in [-0.39, 0.29) is 29.5 Å². The van der Waals surface area contributed by atoms with Gasteiger partial charge < -0.3 is 24.4 Å². The van der Waals surface area contributed by atoms with E-state index in [1.165, 1.54) is 33.1 Å². The molecule has 0 fully saturated rings. The van der Waals surface area contributed by atoms with Crippen LogP contribution in [0.1, 0.15) is 22.8 Å². The highest BCUT2D eigenvalue weighted by molar-refractivity contribution is 5.98. The van der Waals surface area contributed by atoms with Gasteiger partial charge in [-0.25, -0.2) is 4.79 Å². The van der Waals surface area contributed by atoms with Crippen LogP contribution in [-0.4, -0.2) is 56.6 Å². The average molecular weight is 414 g/mol. The van der Waals surface area contributed by atoms with Crippen LogP contribution in [0, 0.1) is 6.92 Å². The molecule has 1 atom stereocenters. The molecule has 0 unspecified atom stereocenters. The topological polar surface area (TPSA) is 94.2 Å². The van der Waals surface area contributed by atoms with Crippen LogP contribution in [-0.2, 0) is 14.3 Å². The highest BCUT2D eigenvalue weighted by Gasteiger charge is 2.27. The van der Waals surface area contributed by atoms with Gasteiger partial charge in [0.1, 0.15) is 17.1 Å². The van der Waals surface area contributed by atoms with Gasteiger partial charge in [0.15, 0.2) is 6.10 Å². The Bertz CT molecular complexity index is 888. The summed E-state index contributed by atoms with van der Waals surface area (Å²) in [5.41, 5.74) is 1.79. The number of anilines is 1. The minimum atomic E-state index is -1.11. The molecule has 0 heterocycles. The second-order valence-electron chi connectivity index (χ2n) is 6.69. The number of carbonyl (C=O) groups is 3. The van der Waals surface area contributed by atoms with Crippen molar-refractivity contribution < 1.29 is 28.6 Å². The van der Waals surface area contributed by atoms with E-state index >= 15 is 0 Å². The molecule has 0 saturated carbocycles. The number of nitrogens with zero attached hydrogens (tertiary/aromatic N) is 1. The standard InChI is InChI=1S/C22H26N2O6/c1-14-9-11-16(12-10-14)23-19(25)13-24(3)21(26)15(2)30-22(27)20-17(28-4)7-6-8-18(20)29-5/h6-12,15H,13H2,1-5H3,(H,23,25)/t15-/m0/s1. The summed E-state index contributed by atoms with van der Waals surface area (Å²) >= 11 is 0. The van der Waals surface area contributed by atoms with Gasteiger partial charge in [-0.05, 0) is 38.1 Å². The number of aryl methyl sites for hydroxylation is 1. The van der Waals surface area contributed by atoms with Gasteiger partial charge in [0, 0.05) is 12.7 Å². The molecule has 0 aliphatic rings. The summed E-state index contributed by atoms with van der Waals surface area (Å²) in [4.78, 5) is 38.6. The summed E-state index contributed by atoms with van der Waals surface area (Å²) in [5.74, 6) is -1.10. The predicted octanol–water partition coefficient (Wildman–Crippen LogP) is 2.65. The Morgan fingerprint density at radius 3 is 2.10 bits per heavy atom. The Morgan fingerprint density at radius 2 is 1.57 bits per heavy atom. The number of likely N-dealkylation sites (N-methyl/N-ethyl adjacent to an activating group) is 1. The van der Waals surface area contributed by atoms with E-state index in [1.807, 2.05) is 19.1 Å². The summed E-state index contributed by atoms with van der Waals surface area (Å²) in [7, 11) is 4.30. The van der Waals surface area contributed by atoms with Crippen LogP contribution in [0.2, 0.25) is 0 Å². The lowest BCUT2D eigenvalue weighted by atomic mass is 10.1. The largest absolute Gasteiger partial charge is 0.496 e. The number of nitrogens with one attached hydrogen (secondary N) is 1. The number of carbonyl (C=O) groups excluding carboxylic acids is 3. The first-order chi connectivity index (χ1) is 14.3. The van der Waals surface area contributed by atoms with Crippen LogP contribution in [0.25, 0.3) is 0 Å². The molecule has 30 heavy (non-hydrogen) atoms. The maximum absolute atomic E-state index is 12.6. The molecule has 0 bridgehead atoms. The summed E-state index contributed by atoms with van der Waals surface area (Å²) < 4.78 is 15.7. The number of hydrogen-bond acceptors (Lipinski definition) is 6. The lowest BCUT2D eigenvalue weighted by molar-refractivity contribution is -0.140. The van der Waals surface area contributed by atoms with Gasteiger partial charge in [0.25, 0.3) is 5.91 Å². The Labute approximate surface area is 175 Å². The molecule has 2 aromatic carbocycles. The van der Waals surface area contributed by atoms with Crippen LogP contribution < -0.4 is 14.8 Å². The van der Waals surface area contributed by atoms with Gasteiger partial charge in [-0.15, -0.1) is 0 Å². The van der Waals surface area contributed by atoms with Crippen molar-refractivity contribution in [2.75, 3.05) is 33.1 Å². The third-order valence-electron chi connectivity index (χ3n) is 4.36. The SMILES string of the molecule is COc1cccc(OC)c1C(=O)O[C@@H](C)C(=O)N(C)CC(=O)Nc1ccc(C)cc1. The predicted molar refractivity (Wildman–Crippen MR) is 112 cm³/mol. The van der Waals surface area contributed by atoms with E-state index in [4.69, 9.17) is 14.2 Å². The van der Waals surface area contributed by atoms with Crippen LogP contribution in [0.15, 0.2) is 42.5 Å². The fourth-order valence-electron chi connectivity index (χ4n) is 2.76. The number of methoxy groups -OCH3 is 2. The molecule has 2 rings (SSSR count). The zero-order chi connectivity index (χ0) is 22.3. The van der Waals surface area contributed by atoms with Crippen molar-refractivity contribution in [3.8, 4) is 11.5 Å². The summed E-state index contributed by atoms with van der Waals surface area (Å²) in [6.07, 6.45) is -1.11. The van der Waals surface area contributed by atoms with Crippen molar-refractivity contribution in [2.45, 2.75) is 20.0 Å². The first kappa shape index (κ1) is 22.7. The Hall–Kier alpha value is -3.55. The van der Waals surface area contributed by atoms with Crippen LogP contribution in [0.4, 0.5) is 5.69 Å².